The van der Waals surface area contributed by atoms with Crippen LogP contribution >= 0.6 is 0 Å². The molecule has 0 aliphatic heterocycles. The molecule has 0 saturated carbocycles. The standard InChI is InChI=1S/C17H15F2NO/c1-20-15(9-11-4-2-3-5-14(11)19)17-10-12-8-13(18)6-7-16(12)21-17/h2-8,10,15,20H,9H2,1H3. The van der Waals surface area contributed by atoms with E-state index in [9.17, 15) is 8.78 Å². The van der Waals surface area contributed by atoms with Crippen molar-refractivity contribution in [2.24, 2.45) is 0 Å². The van der Waals surface area contributed by atoms with Crippen molar-refractivity contribution < 1.29 is 13.2 Å². The Hall–Kier alpha value is -2.20. The van der Waals surface area contributed by atoms with Crippen molar-refractivity contribution in [1.29, 1.82) is 0 Å². The molecule has 1 N–H and O–H groups in total. The summed E-state index contributed by atoms with van der Waals surface area (Å²) in [5.41, 5.74) is 1.24. The maximum Gasteiger partial charge on any atom is 0.134 e. The first kappa shape index (κ1) is 13.8. The van der Waals surface area contributed by atoms with Crippen molar-refractivity contribution in [2.75, 3.05) is 7.05 Å². The van der Waals surface area contributed by atoms with Gasteiger partial charge < -0.3 is 9.73 Å². The largest absolute Gasteiger partial charge is 0.459 e. The Kier molecular flexibility index (Phi) is 3.71. The predicted molar refractivity (Wildman–Crippen MR) is 78.1 cm³/mol. The fourth-order valence-electron chi connectivity index (χ4n) is 2.44. The summed E-state index contributed by atoms with van der Waals surface area (Å²) in [6.45, 7) is 0. The van der Waals surface area contributed by atoms with Crippen molar-refractivity contribution >= 4 is 11.0 Å². The smallest absolute Gasteiger partial charge is 0.134 e. The van der Waals surface area contributed by atoms with Crippen LogP contribution in [0.3, 0.4) is 0 Å². The van der Waals surface area contributed by atoms with E-state index in [0.717, 1.165) is 0 Å². The lowest BCUT2D eigenvalue weighted by Gasteiger charge is -2.14. The molecule has 1 unspecified atom stereocenters. The number of benzene rings is 2. The third-order valence-electron chi connectivity index (χ3n) is 3.57. The van der Waals surface area contributed by atoms with Gasteiger partial charge in [0.2, 0.25) is 0 Å². The first-order valence-corrected chi connectivity index (χ1v) is 6.77. The van der Waals surface area contributed by atoms with Crippen molar-refractivity contribution in [3.8, 4) is 0 Å². The molecule has 2 aromatic carbocycles. The highest BCUT2D eigenvalue weighted by Crippen LogP contribution is 2.27. The molecule has 1 atom stereocenters. The minimum Gasteiger partial charge on any atom is -0.459 e. The minimum absolute atomic E-state index is 0.169. The van der Waals surface area contributed by atoms with Crippen molar-refractivity contribution in [2.45, 2.75) is 12.5 Å². The van der Waals surface area contributed by atoms with Crippen LogP contribution in [-0.4, -0.2) is 7.05 Å². The molecule has 0 aliphatic carbocycles. The molecule has 0 amide bonds. The van der Waals surface area contributed by atoms with Crippen LogP contribution in [-0.2, 0) is 6.42 Å². The molecule has 1 heterocycles. The average molecular weight is 287 g/mol. The Balaban J connectivity index is 1.93. The van der Waals surface area contributed by atoms with Gasteiger partial charge in [-0.2, -0.15) is 0 Å². The molecular formula is C17H15F2NO. The summed E-state index contributed by atoms with van der Waals surface area (Å²) < 4.78 is 32.7. The molecule has 3 rings (SSSR count). The van der Waals surface area contributed by atoms with Crippen molar-refractivity contribution in [3.05, 3.63) is 71.5 Å². The Morgan fingerprint density at radius 3 is 2.67 bits per heavy atom. The molecule has 1 aromatic heterocycles. The van der Waals surface area contributed by atoms with Crippen LogP contribution in [0, 0.1) is 11.6 Å². The second-order valence-corrected chi connectivity index (χ2v) is 4.97. The van der Waals surface area contributed by atoms with Crippen molar-refractivity contribution in [1.82, 2.24) is 5.32 Å². The van der Waals surface area contributed by atoms with Crippen LogP contribution < -0.4 is 5.32 Å². The molecule has 3 aromatic rings. The lowest BCUT2D eigenvalue weighted by molar-refractivity contribution is 0.445. The van der Waals surface area contributed by atoms with E-state index in [4.69, 9.17) is 4.42 Å². The number of rotatable bonds is 4. The first-order chi connectivity index (χ1) is 10.2. The molecule has 2 nitrogen and oxygen atoms in total. The molecule has 0 aliphatic rings. The van der Waals surface area contributed by atoms with Gasteiger partial charge in [-0.25, -0.2) is 8.78 Å². The van der Waals surface area contributed by atoms with Crippen LogP contribution in [0.5, 0.6) is 0 Å². The molecule has 0 radical (unpaired) electrons. The van der Waals surface area contributed by atoms with Gasteiger partial charge in [0, 0.05) is 5.39 Å². The topological polar surface area (TPSA) is 25.2 Å². The second-order valence-electron chi connectivity index (χ2n) is 4.97. The molecule has 108 valence electrons. The van der Waals surface area contributed by atoms with E-state index in [0.29, 0.717) is 28.7 Å². The summed E-state index contributed by atoms with van der Waals surface area (Å²) in [6, 6.07) is 12.7. The normalized spacial score (nSPS) is 12.7. The van der Waals surface area contributed by atoms with Crippen LogP contribution in [0.15, 0.2) is 52.9 Å². The Morgan fingerprint density at radius 2 is 1.90 bits per heavy atom. The molecule has 0 bridgehead atoms. The number of halogens is 2. The molecule has 0 spiro atoms. The Bertz CT molecular complexity index is 766. The summed E-state index contributed by atoms with van der Waals surface area (Å²) in [5, 5.41) is 3.82. The third-order valence-corrected chi connectivity index (χ3v) is 3.57. The summed E-state index contributed by atoms with van der Waals surface area (Å²) in [7, 11) is 1.79. The maximum absolute atomic E-state index is 13.8. The summed E-state index contributed by atoms with van der Waals surface area (Å²) in [6.07, 6.45) is 0.464. The minimum atomic E-state index is -0.301. The number of likely N-dealkylation sites (N-methyl/N-ethyl adjacent to an activating group) is 1. The van der Waals surface area contributed by atoms with E-state index in [1.807, 2.05) is 0 Å². The van der Waals surface area contributed by atoms with Crippen LogP contribution in [0.1, 0.15) is 17.4 Å². The van der Waals surface area contributed by atoms with Gasteiger partial charge >= 0.3 is 0 Å². The fraction of sp³-hybridized carbons (Fsp3) is 0.176. The Morgan fingerprint density at radius 1 is 1.10 bits per heavy atom. The highest BCUT2D eigenvalue weighted by Gasteiger charge is 2.17. The summed E-state index contributed by atoms with van der Waals surface area (Å²) in [4.78, 5) is 0. The van der Waals surface area contributed by atoms with Crippen LogP contribution in [0.2, 0.25) is 0 Å². The number of hydrogen-bond acceptors (Lipinski definition) is 2. The van der Waals surface area contributed by atoms with E-state index in [2.05, 4.69) is 5.32 Å². The van der Waals surface area contributed by atoms with Gasteiger partial charge in [-0.15, -0.1) is 0 Å². The zero-order valence-electron chi connectivity index (χ0n) is 11.6. The van der Waals surface area contributed by atoms with E-state index in [-0.39, 0.29) is 17.7 Å². The van der Waals surface area contributed by atoms with Crippen molar-refractivity contribution in [3.63, 3.8) is 0 Å². The fourth-order valence-corrected chi connectivity index (χ4v) is 2.44. The van der Waals surface area contributed by atoms with E-state index in [1.165, 1.54) is 18.2 Å². The molecule has 0 fully saturated rings. The number of furan rings is 1. The van der Waals surface area contributed by atoms with Gasteiger partial charge in [0.1, 0.15) is 23.0 Å². The van der Waals surface area contributed by atoms with Gasteiger partial charge in [0.05, 0.1) is 6.04 Å². The monoisotopic (exact) mass is 287 g/mol. The van der Waals surface area contributed by atoms with Gasteiger partial charge in [-0.3, -0.25) is 0 Å². The average Bonchev–Trinajstić information content (AvgIpc) is 2.89. The van der Waals surface area contributed by atoms with Crippen LogP contribution in [0.4, 0.5) is 8.78 Å². The summed E-state index contributed by atoms with van der Waals surface area (Å²) >= 11 is 0. The van der Waals surface area contributed by atoms with Crippen LogP contribution in [0.25, 0.3) is 11.0 Å². The van der Waals surface area contributed by atoms with Gasteiger partial charge in [0.25, 0.3) is 0 Å². The third kappa shape index (κ3) is 2.81. The Labute approximate surface area is 121 Å². The maximum atomic E-state index is 13.8. The second kappa shape index (κ2) is 5.66. The lowest BCUT2D eigenvalue weighted by Crippen LogP contribution is -2.18. The molecular weight excluding hydrogens is 272 g/mol. The van der Waals surface area contributed by atoms with E-state index in [1.54, 1.807) is 37.4 Å². The highest BCUT2D eigenvalue weighted by atomic mass is 19.1. The first-order valence-electron chi connectivity index (χ1n) is 6.77. The van der Waals surface area contributed by atoms with Gasteiger partial charge in [0.15, 0.2) is 0 Å². The zero-order valence-corrected chi connectivity index (χ0v) is 11.6. The highest BCUT2D eigenvalue weighted by molar-refractivity contribution is 5.78. The number of fused-ring (bicyclic) bond motifs is 1. The predicted octanol–water partition coefficient (Wildman–Crippen LogP) is 4.21. The zero-order chi connectivity index (χ0) is 14.8. The quantitative estimate of drug-likeness (QED) is 0.777. The summed E-state index contributed by atoms with van der Waals surface area (Å²) in [5.74, 6) is 0.131. The van der Waals surface area contributed by atoms with E-state index >= 15 is 0 Å². The molecule has 21 heavy (non-hydrogen) atoms. The molecule has 4 heteroatoms. The van der Waals surface area contributed by atoms with Gasteiger partial charge in [-0.1, -0.05) is 18.2 Å². The number of nitrogens with one attached hydrogen (secondary N) is 1. The number of hydrogen-bond donors (Lipinski definition) is 1. The lowest BCUT2D eigenvalue weighted by atomic mass is 10.0. The molecule has 0 saturated heterocycles. The SMILES string of the molecule is CNC(Cc1ccccc1F)c1cc2cc(F)ccc2o1. The van der Waals surface area contributed by atoms with Gasteiger partial charge in [-0.05, 0) is 49.4 Å². The van der Waals surface area contributed by atoms with E-state index < -0.39 is 0 Å².